The Bertz CT molecular complexity index is 1450. The first-order chi connectivity index (χ1) is 22.7. The molecule has 3 aromatic carbocycles. The zero-order valence-electron chi connectivity index (χ0n) is 27.8. The van der Waals surface area contributed by atoms with E-state index in [1.807, 2.05) is 32.0 Å². The van der Waals surface area contributed by atoms with Gasteiger partial charge in [0, 0.05) is 69.0 Å². The van der Waals surface area contributed by atoms with Gasteiger partial charge in [0.2, 0.25) is 0 Å². The predicted octanol–water partition coefficient (Wildman–Crippen LogP) is 4.52. The Morgan fingerprint density at radius 2 is 1.62 bits per heavy atom. The number of piperazine rings is 1. The van der Waals surface area contributed by atoms with E-state index < -0.39 is 29.7 Å². The van der Waals surface area contributed by atoms with Gasteiger partial charge in [-0.05, 0) is 78.3 Å². The van der Waals surface area contributed by atoms with E-state index in [2.05, 4.69) is 40.3 Å². The zero-order valence-corrected chi connectivity index (χ0v) is 27.8. The molecule has 0 aromatic heterocycles. The number of aryl methyl sites for hydroxylation is 1. The standard InChI is InChI=1S/C37H49F2N5O3/c1-4-12-44(13-5-2)37(47)30-19-28(34-23-40-10-11-42-34)18-29(20-30)36(46)43-33(17-27-15-31(38)21-32(39)16-27)35(45)24-41-22-26-9-7-8-25(6-3)14-26/h7-9,14-16,18-21,33-35,40-42,45H,4-6,10-13,17,22-24H2,1-3H3,(H,43,46)/t33-,34?,35+/m0/s1. The van der Waals surface area contributed by atoms with Crippen molar-refractivity contribution in [3.05, 3.63) is 106 Å². The smallest absolute Gasteiger partial charge is 0.253 e. The van der Waals surface area contributed by atoms with E-state index in [-0.39, 0.29) is 30.5 Å². The average molecular weight is 650 g/mol. The molecule has 1 heterocycles. The second-order valence-electron chi connectivity index (χ2n) is 12.3. The van der Waals surface area contributed by atoms with Crippen LogP contribution in [-0.2, 0) is 19.4 Å². The van der Waals surface area contributed by atoms with Gasteiger partial charge >= 0.3 is 0 Å². The number of rotatable bonds is 16. The Kier molecular flexibility index (Phi) is 13.8. The van der Waals surface area contributed by atoms with Crippen LogP contribution in [0.3, 0.4) is 0 Å². The van der Waals surface area contributed by atoms with E-state index in [1.54, 1.807) is 17.0 Å². The third-order valence-corrected chi connectivity index (χ3v) is 8.42. The van der Waals surface area contributed by atoms with Crippen molar-refractivity contribution in [1.29, 1.82) is 0 Å². The molecule has 1 saturated heterocycles. The van der Waals surface area contributed by atoms with Crippen molar-refractivity contribution in [2.75, 3.05) is 39.3 Å². The minimum atomic E-state index is -1.09. The SMILES string of the molecule is CCCN(CCC)C(=O)c1cc(C(=O)N[C@@H](Cc2cc(F)cc(F)c2)[C@H](O)CNCc2cccc(CC)c2)cc(C2CNCCN2)c1. The van der Waals surface area contributed by atoms with Crippen LogP contribution < -0.4 is 21.3 Å². The Morgan fingerprint density at radius 1 is 0.915 bits per heavy atom. The van der Waals surface area contributed by atoms with Gasteiger partial charge in [0.05, 0.1) is 12.1 Å². The number of halogens is 2. The predicted molar refractivity (Wildman–Crippen MR) is 181 cm³/mol. The molecule has 3 atom stereocenters. The highest BCUT2D eigenvalue weighted by atomic mass is 19.1. The quantitative estimate of drug-likeness (QED) is 0.156. The van der Waals surface area contributed by atoms with Gasteiger partial charge in [0.25, 0.3) is 11.8 Å². The molecule has 8 nitrogen and oxygen atoms in total. The highest BCUT2D eigenvalue weighted by Gasteiger charge is 2.26. The molecular formula is C37H49F2N5O3. The second-order valence-corrected chi connectivity index (χ2v) is 12.3. The van der Waals surface area contributed by atoms with Crippen molar-refractivity contribution in [2.24, 2.45) is 0 Å². The number of benzene rings is 3. The Labute approximate surface area is 277 Å². The number of carbonyl (C=O) groups is 2. The van der Waals surface area contributed by atoms with Crippen LogP contribution in [0.2, 0.25) is 0 Å². The van der Waals surface area contributed by atoms with Gasteiger partial charge in [0.1, 0.15) is 11.6 Å². The third kappa shape index (κ3) is 10.7. The Hall–Kier alpha value is -3.70. The van der Waals surface area contributed by atoms with Crippen molar-refractivity contribution in [3.8, 4) is 0 Å². The van der Waals surface area contributed by atoms with E-state index in [0.717, 1.165) is 49.5 Å². The van der Waals surface area contributed by atoms with Crippen LogP contribution in [0.5, 0.6) is 0 Å². The summed E-state index contributed by atoms with van der Waals surface area (Å²) in [4.78, 5) is 29.4. The summed E-state index contributed by atoms with van der Waals surface area (Å²) in [5, 5.41) is 24.3. The largest absolute Gasteiger partial charge is 0.390 e. The van der Waals surface area contributed by atoms with Gasteiger partial charge in [-0.15, -0.1) is 0 Å². The zero-order chi connectivity index (χ0) is 33.8. The lowest BCUT2D eigenvalue weighted by atomic mass is 9.96. The minimum Gasteiger partial charge on any atom is -0.390 e. The van der Waals surface area contributed by atoms with Gasteiger partial charge in [-0.1, -0.05) is 45.0 Å². The number of amides is 2. The molecule has 0 radical (unpaired) electrons. The summed E-state index contributed by atoms with van der Waals surface area (Å²) in [6.45, 7) is 10.2. The first kappa shape index (κ1) is 36.1. The molecule has 5 N–H and O–H groups in total. The molecule has 10 heteroatoms. The molecule has 0 aliphatic carbocycles. The van der Waals surface area contributed by atoms with E-state index in [0.29, 0.717) is 37.3 Å². The number of aliphatic hydroxyl groups is 1. The van der Waals surface area contributed by atoms with Crippen LogP contribution in [0, 0.1) is 11.6 Å². The molecule has 0 spiro atoms. The van der Waals surface area contributed by atoms with Gasteiger partial charge in [-0.3, -0.25) is 9.59 Å². The molecule has 1 fully saturated rings. The summed E-state index contributed by atoms with van der Waals surface area (Å²) < 4.78 is 28.3. The molecule has 1 aliphatic rings. The van der Waals surface area contributed by atoms with Crippen LogP contribution in [0.1, 0.15) is 82.6 Å². The summed E-state index contributed by atoms with van der Waals surface area (Å²) in [5.41, 5.74) is 4.07. The van der Waals surface area contributed by atoms with E-state index in [4.69, 9.17) is 0 Å². The fourth-order valence-electron chi connectivity index (χ4n) is 6.02. The maximum absolute atomic E-state index is 14.1. The molecule has 3 aromatic rings. The monoisotopic (exact) mass is 649 g/mol. The Balaban J connectivity index is 1.60. The number of nitrogens with one attached hydrogen (secondary N) is 4. The van der Waals surface area contributed by atoms with Gasteiger partial charge in [0.15, 0.2) is 0 Å². The maximum Gasteiger partial charge on any atom is 0.253 e. The van der Waals surface area contributed by atoms with Crippen molar-refractivity contribution < 1.29 is 23.5 Å². The summed E-state index contributed by atoms with van der Waals surface area (Å²) >= 11 is 0. The molecule has 1 unspecified atom stereocenters. The van der Waals surface area contributed by atoms with Crippen molar-refractivity contribution in [1.82, 2.24) is 26.2 Å². The number of aliphatic hydroxyl groups excluding tert-OH is 1. The third-order valence-electron chi connectivity index (χ3n) is 8.42. The summed E-state index contributed by atoms with van der Waals surface area (Å²) in [6.07, 6.45) is 1.44. The normalized spacial score (nSPS) is 16.0. The lowest BCUT2D eigenvalue weighted by Crippen LogP contribution is -2.48. The molecule has 1 aliphatic heterocycles. The van der Waals surface area contributed by atoms with Crippen molar-refractivity contribution in [3.63, 3.8) is 0 Å². The molecule has 47 heavy (non-hydrogen) atoms. The molecule has 254 valence electrons. The van der Waals surface area contributed by atoms with Gasteiger partial charge < -0.3 is 31.3 Å². The van der Waals surface area contributed by atoms with Crippen LogP contribution in [0.15, 0.2) is 60.7 Å². The summed E-state index contributed by atoms with van der Waals surface area (Å²) in [6, 6.07) is 15.6. The van der Waals surface area contributed by atoms with Crippen molar-refractivity contribution >= 4 is 11.8 Å². The van der Waals surface area contributed by atoms with E-state index in [1.165, 1.54) is 17.7 Å². The summed E-state index contributed by atoms with van der Waals surface area (Å²) in [5.74, 6) is -2.10. The van der Waals surface area contributed by atoms with Crippen LogP contribution >= 0.6 is 0 Å². The highest BCUT2D eigenvalue weighted by molar-refractivity contribution is 6.00. The van der Waals surface area contributed by atoms with E-state index >= 15 is 0 Å². The minimum absolute atomic E-state index is 0.00502. The lowest BCUT2D eigenvalue weighted by molar-refractivity contribution is 0.0755. The first-order valence-corrected chi connectivity index (χ1v) is 16.8. The molecule has 4 rings (SSSR count). The maximum atomic E-state index is 14.1. The fourth-order valence-corrected chi connectivity index (χ4v) is 6.02. The fraction of sp³-hybridized carbons (Fsp3) is 0.459. The lowest BCUT2D eigenvalue weighted by Gasteiger charge is -2.28. The molecule has 2 amide bonds. The van der Waals surface area contributed by atoms with Crippen LogP contribution in [0.25, 0.3) is 0 Å². The Morgan fingerprint density at radius 3 is 2.28 bits per heavy atom. The number of hydrogen-bond donors (Lipinski definition) is 5. The van der Waals surface area contributed by atoms with Crippen LogP contribution in [0.4, 0.5) is 8.78 Å². The second kappa shape index (κ2) is 18.0. The van der Waals surface area contributed by atoms with Crippen molar-refractivity contribution in [2.45, 2.75) is 71.2 Å². The molecule has 0 saturated carbocycles. The van der Waals surface area contributed by atoms with Gasteiger partial charge in [-0.25, -0.2) is 8.78 Å². The first-order valence-electron chi connectivity index (χ1n) is 16.8. The van der Waals surface area contributed by atoms with E-state index in [9.17, 15) is 23.5 Å². The van der Waals surface area contributed by atoms with Gasteiger partial charge in [-0.2, -0.15) is 0 Å². The summed E-state index contributed by atoms with van der Waals surface area (Å²) in [7, 11) is 0. The number of nitrogens with zero attached hydrogens (tertiary/aromatic N) is 1. The average Bonchev–Trinajstić information content (AvgIpc) is 3.07. The van der Waals surface area contributed by atoms with Crippen LogP contribution in [-0.4, -0.2) is 73.2 Å². The topological polar surface area (TPSA) is 106 Å². The number of hydrogen-bond acceptors (Lipinski definition) is 6. The number of carbonyl (C=O) groups excluding carboxylic acids is 2. The highest BCUT2D eigenvalue weighted by Crippen LogP contribution is 2.21. The molecule has 0 bridgehead atoms. The molecular weight excluding hydrogens is 600 g/mol.